The van der Waals surface area contributed by atoms with Crippen LogP contribution in [0, 0.1) is 5.92 Å². The molecule has 1 nitrogen and oxygen atoms in total. The maximum absolute atomic E-state index is 3.49. The molecule has 1 heteroatoms. The predicted octanol–water partition coefficient (Wildman–Crippen LogP) is 4.21. The van der Waals surface area contributed by atoms with E-state index in [1.165, 1.54) is 24.8 Å². The molecule has 0 fully saturated rings. The Balaban J connectivity index is 2.60. The van der Waals surface area contributed by atoms with Crippen LogP contribution in [0.4, 0.5) is 0 Å². The van der Waals surface area contributed by atoms with Gasteiger partial charge in [0, 0.05) is 6.54 Å². The fraction of sp³-hybridized carbons (Fsp3) is 0.625. The maximum atomic E-state index is 3.49. The van der Waals surface area contributed by atoms with Gasteiger partial charge in [0.25, 0.3) is 0 Å². The Bertz CT molecular complexity index is 281. The van der Waals surface area contributed by atoms with E-state index < -0.39 is 0 Å². The molecule has 0 heterocycles. The van der Waals surface area contributed by atoms with Gasteiger partial charge in [0.1, 0.15) is 0 Å². The van der Waals surface area contributed by atoms with Gasteiger partial charge in [-0.1, -0.05) is 63.9 Å². The Labute approximate surface area is 107 Å². The topological polar surface area (TPSA) is 12.0 Å². The number of hydrogen-bond acceptors (Lipinski definition) is 1. The van der Waals surface area contributed by atoms with Crippen molar-refractivity contribution in [2.24, 2.45) is 5.92 Å². The summed E-state index contributed by atoms with van der Waals surface area (Å²) < 4.78 is 0. The minimum atomic E-state index is 0.665. The van der Waals surface area contributed by atoms with Crippen molar-refractivity contribution < 1.29 is 0 Å². The molecule has 0 saturated carbocycles. The molecule has 0 amide bonds. The van der Waals surface area contributed by atoms with E-state index in [0.29, 0.717) is 5.92 Å². The summed E-state index contributed by atoms with van der Waals surface area (Å²) >= 11 is 0. The number of nitrogens with one attached hydrogen (secondary N) is 1. The first kappa shape index (κ1) is 14.2. The highest BCUT2D eigenvalue weighted by Gasteiger charge is 2.14. The van der Waals surface area contributed by atoms with Crippen molar-refractivity contribution in [2.75, 3.05) is 13.1 Å². The van der Waals surface area contributed by atoms with Crippen LogP contribution in [0.1, 0.15) is 51.5 Å². The molecule has 0 aliphatic rings. The van der Waals surface area contributed by atoms with E-state index in [0.717, 1.165) is 19.0 Å². The fourth-order valence-corrected chi connectivity index (χ4v) is 2.48. The third kappa shape index (κ3) is 5.36. The third-order valence-corrected chi connectivity index (χ3v) is 3.38. The monoisotopic (exact) mass is 233 g/mol. The van der Waals surface area contributed by atoms with Crippen LogP contribution in [0.3, 0.4) is 0 Å². The van der Waals surface area contributed by atoms with E-state index in [9.17, 15) is 0 Å². The van der Waals surface area contributed by atoms with Crippen molar-refractivity contribution in [1.82, 2.24) is 5.32 Å². The van der Waals surface area contributed by atoms with Crippen molar-refractivity contribution >= 4 is 0 Å². The second kappa shape index (κ2) is 8.30. The van der Waals surface area contributed by atoms with Crippen molar-refractivity contribution in [1.29, 1.82) is 0 Å². The summed E-state index contributed by atoms with van der Waals surface area (Å²) in [6.07, 6.45) is 3.93. The van der Waals surface area contributed by atoms with E-state index in [1.54, 1.807) is 0 Å². The van der Waals surface area contributed by atoms with Gasteiger partial charge in [-0.2, -0.15) is 0 Å². The van der Waals surface area contributed by atoms with Gasteiger partial charge in [0.2, 0.25) is 0 Å². The predicted molar refractivity (Wildman–Crippen MR) is 76.4 cm³/mol. The number of rotatable bonds is 8. The summed E-state index contributed by atoms with van der Waals surface area (Å²) in [6.45, 7) is 9.00. The van der Waals surface area contributed by atoms with Crippen molar-refractivity contribution in [2.45, 2.75) is 46.0 Å². The van der Waals surface area contributed by atoms with Crippen molar-refractivity contribution in [3.8, 4) is 0 Å². The zero-order valence-electron chi connectivity index (χ0n) is 11.6. The molecule has 96 valence electrons. The molecule has 0 saturated heterocycles. The lowest BCUT2D eigenvalue weighted by atomic mass is 9.87. The minimum absolute atomic E-state index is 0.665. The molecular weight excluding hydrogens is 206 g/mol. The van der Waals surface area contributed by atoms with Gasteiger partial charge in [-0.25, -0.2) is 0 Å². The first-order chi connectivity index (χ1) is 8.27. The molecular formula is C16H27N. The highest BCUT2D eigenvalue weighted by Crippen LogP contribution is 2.25. The van der Waals surface area contributed by atoms with Gasteiger partial charge < -0.3 is 5.32 Å². The molecule has 17 heavy (non-hydrogen) atoms. The van der Waals surface area contributed by atoms with Crippen LogP contribution in [-0.2, 0) is 0 Å². The third-order valence-electron chi connectivity index (χ3n) is 3.38. The van der Waals surface area contributed by atoms with Gasteiger partial charge in [-0.15, -0.1) is 0 Å². The molecule has 1 aromatic rings. The van der Waals surface area contributed by atoms with Gasteiger partial charge in [-0.3, -0.25) is 0 Å². The second-order valence-electron chi connectivity index (χ2n) is 5.04. The Morgan fingerprint density at radius 3 is 2.41 bits per heavy atom. The van der Waals surface area contributed by atoms with Gasteiger partial charge in [-0.05, 0) is 30.4 Å². The smallest absolute Gasteiger partial charge is 0.00201 e. The van der Waals surface area contributed by atoms with Gasteiger partial charge in [0.05, 0.1) is 0 Å². The van der Waals surface area contributed by atoms with E-state index in [-0.39, 0.29) is 0 Å². The normalized spacial score (nSPS) is 14.5. The number of hydrogen-bond donors (Lipinski definition) is 1. The molecule has 2 atom stereocenters. The van der Waals surface area contributed by atoms with E-state index in [2.05, 4.69) is 56.4 Å². The highest BCUT2D eigenvalue weighted by molar-refractivity contribution is 5.19. The first-order valence-corrected chi connectivity index (χ1v) is 7.03. The molecule has 0 radical (unpaired) electrons. The quantitative estimate of drug-likeness (QED) is 0.709. The molecule has 1 aromatic carbocycles. The van der Waals surface area contributed by atoms with Crippen LogP contribution in [0.2, 0.25) is 0 Å². The summed E-state index contributed by atoms with van der Waals surface area (Å²) in [5, 5.41) is 3.49. The van der Waals surface area contributed by atoms with Crippen LogP contribution >= 0.6 is 0 Å². The summed E-state index contributed by atoms with van der Waals surface area (Å²) in [5.41, 5.74) is 1.48. The lowest BCUT2D eigenvalue weighted by molar-refractivity contribution is 0.422. The van der Waals surface area contributed by atoms with Crippen molar-refractivity contribution in [3.05, 3.63) is 35.9 Å². The van der Waals surface area contributed by atoms with E-state index >= 15 is 0 Å². The zero-order chi connectivity index (χ0) is 12.5. The standard InChI is InChI=1S/C16H27N/c1-4-9-14(3)12-16(13-17-5-2)15-10-7-6-8-11-15/h6-8,10-11,14,16-17H,4-5,9,12-13H2,1-3H3. The molecule has 1 rings (SSSR count). The lowest BCUT2D eigenvalue weighted by Gasteiger charge is -2.21. The second-order valence-corrected chi connectivity index (χ2v) is 5.04. The summed E-state index contributed by atoms with van der Waals surface area (Å²) in [7, 11) is 0. The SMILES string of the molecule is CCCC(C)CC(CNCC)c1ccccc1. The zero-order valence-corrected chi connectivity index (χ0v) is 11.6. The lowest BCUT2D eigenvalue weighted by Crippen LogP contribution is -2.22. The maximum Gasteiger partial charge on any atom is 0.00201 e. The number of likely N-dealkylation sites (N-methyl/N-ethyl adjacent to an activating group) is 1. The molecule has 0 aliphatic heterocycles. The molecule has 1 N–H and O–H groups in total. The van der Waals surface area contributed by atoms with Crippen molar-refractivity contribution in [3.63, 3.8) is 0 Å². The van der Waals surface area contributed by atoms with Crippen LogP contribution in [0.25, 0.3) is 0 Å². The van der Waals surface area contributed by atoms with Gasteiger partial charge >= 0.3 is 0 Å². The minimum Gasteiger partial charge on any atom is -0.316 e. The molecule has 0 aromatic heterocycles. The van der Waals surface area contributed by atoms with E-state index in [1.807, 2.05) is 0 Å². The highest BCUT2D eigenvalue weighted by atomic mass is 14.8. The van der Waals surface area contributed by atoms with Crippen LogP contribution in [-0.4, -0.2) is 13.1 Å². The largest absolute Gasteiger partial charge is 0.316 e. The Morgan fingerprint density at radius 2 is 1.82 bits per heavy atom. The molecule has 0 bridgehead atoms. The van der Waals surface area contributed by atoms with Crippen LogP contribution in [0.5, 0.6) is 0 Å². The molecule has 0 aliphatic carbocycles. The first-order valence-electron chi connectivity index (χ1n) is 7.03. The average Bonchev–Trinajstić information content (AvgIpc) is 2.36. The summed E-state index contributed by atoms with van der Waals surface area (Å²) in [4.78, 5) is 0. The molecule has 2 unspecified atom stereocenters. The Hall–Kier alpha value is -0.820. The molecule has 0 spiro atoms. The summed E-state index contributed by atoms with van der Waals surface area (Å²) in [5.74, 6) is 1.49. The van der Waals surface area contributed by atoms with Crippen LogP contribution in [0.15, 0.2) is 30.3 Å². The Kier molecular flexibility index (Phi) is 6.95. The fourth-order valence-electron chi connectivity index (χ4n) is 2.48. The average molecular weight is 233 g/mol. The number of benzene rings is 1. The van der Waals surface area contributed by atoms with Gasteiger partial charge in [0.15, 0.2) is 0 Å². The Morgan fingerprint density at radius 1 is 1.12 bits per heavy atom. The summed E-state index contributed by atoms with van der Waals surface area (Å²) in [6, 6.07) is 10.9. The van der Waals surface area contributed by atoms with E-state index in [4.69, 9.17) is 0 Å². The van der Waals surface area contributed by atoms with Crippen LogP contribution < -0.4 is 5.32 Å².